The molecule has 0 fully saturated rings. The summed E-state index contributed by atoms with van der Waals surface area (Å²) in [5.41, 5.74) is 0.643. The number of benzene rings is 2. The number of aromatic hydroxyl groups is 1. The molecule has 1 unspecified atom stereocenters. The van der Waals surface area contributed by atoms with Crippen LogP contribution in [-0.2, 0) is 0 Å². The van der Waals surface area contributed by atoms with Crippen molar-refractivity contribution in [3.8, 4) is 5.75 Å². The van der Waals surface area contributed by atoms with Crippen molar-refractivity contribution in [3.63, 3.8) is 0 Å². The van der Waals surface area contributed by atoms with Crippen LogP contribution in [0.1, 0.15) is 22.0 Å². The summed E-state index contributed by atoms with van der Waals surface area (Å²) in [6.45, 7) is 0. The lowest BCUT2D eigenvalue weighted by molar-refractivity contribution is 0.0744. The normalized spacial score (nSPS) is 12.1. The van der Waals surface area contributed by atoms with Crippen molar-refractivity contribution < 1.29 is 15.0 Å². The second-order valence-electron chi connectivity index (χ2n) is 3.69. The third-order valence-electron chi connectivity index (χ3n) is 2.53. The molecule has 1 atom stereocenters. The fourth-order valence-electron chi connectivity index (χ4n) is 1.62. The van der Waals surface area contributed by atoms with E-state index < -0.39 is 11.9 Å². The third kappa shape index (κ3) is 2.34. The van der Waals surface area contributed by atoms with Crippen molar-refractivity contribution in [1.82, 2.24) is 0 Å². The van der Waals surface area contributed by atoms with E-state index in [-0.39, 0.29) is 11.3 Å². The lowest BCUT2D eigenvalue weighted by Crippen LogP contribution is -2.12. The lowest BCUT2D eigenvalue weighted by Gasteiger charge is -2.10. The average Bonchev–Trinajstić information content (AvgIpc) is 2.39. The van der Waals surface area contributed by atoms with Crippen LogP contribution >= 0.6 is 0 Å². The van der Waals surface area contributed by atoms with E-state index in [9.17, 15) is 15.0 Å². The maximum atomic E-state index is 12.0. The highest BCUT2D eigenvalue weighted by Crippen LogP contribution is 2.23. The Morgan fingerprint density at radius 3 is 2.18 bits per heavy atom. The van der Waals surface area contributed by atoms with Crippen molar-refractivity contribution >= 4 is 5.78 Å². The van der Waals surface area contributed by atoms with Gasteiger partial charge in [0.2, 0.25) is 0 Å². The summed E-state index contributed by atoms with van der Waals surface area (Å²) >= 11 is 0. The Kier molecular flexibility index (Phi) is 3.21. The molecule has 3 nitrogen and oxygen atoms in total. The Bertz CT molecular complexity index is 520. The minimum absolute atomic E-state index is 0.118. The highest BCUT2D eigenvalue weighted by molar-refractivity contribution is 6.01. The summed E-state index contributed by atoms with van der Waals surface area (Å²) in [6, 6.07) is 14.8. The van der Waals surface area contributed by atoms with E-state index in [2.05, 4.69) is 0 Å². The van der Waals surface area contributed by atoms with Gasteiger partial charge in [0.15, 0.2) is 5.78 Å². The van der Waals surface area contributed by atoms with E-state index in [0.717, 1.165) is 0 Å². The predicted octanol–water partition coefficient (Wildman–Crippen LogP) is 2.31. The second kappa shape index (κ2) is 4.80. The molecular formula is C14H12O3. The van der Waals surface area contributed by atoms with Crippen LogP contribution < -0.4 is 0 Å². The van der Waals surface area contributed by atoms with Gasteiger partial charge < -0.3 is 10.2 Å². The number of Topliss-reactive ketones (excluding diaryl/α,β-unsaturated/α-hetero) is 1. The highest BCUT2D eigenvalue weighted by Gasteiger charge is 2.21. The van der Waals surface area contributed by atoms with Crippen molar-refractivity contribution in [2.75, 3.05) is 0 Å². The van der Waals surface area contributed by atoms with Gasteiger partial charge in [-0.25, -0.2) is 0 Å². The van der Waals surface area contributed by atoms with E-state index in [4.69, 9.17) is 0 Å². The van der Waals surface area contributed by atoms with Crippen molar-refractivity contribution in [2.45, 2.75) is 6.10 Å². The standard InChI is InChI=1S/C14H12O3/c15-12-9-5-4-8-11(12)14(17)13(16)10-6-2-1-3-7-10/h1-9,13,15-16H. The number of rotatable bonds is 3. The fraction of sp³-hybridized carbons (Fsp3) is 0.0714. The lowest BCUT2D eigenvalue weighted by atomic mass is 9.99. The Balaban J connectivity index is 2.30. The summed E-state index contributed by atoms with van der Waals surface area (Å²) in [7, 11) is 0. The highest BCUT2D eigenvalue weighted by atomic mass is 16.3. The van der Waals surface area contributed by atoms with Crippen molar-refractivity contribution in [3.05, 3.63) is 65.7 Å². The van der Waals surface area contributed by atoms with Crippen LogP contribution in [0.3, 0.4) is 0 Å². The zero-order chi connectivity index (χ0) is 12.3. The molecule has 17 heavy (non-hydrogen) atoms. The van der Waals surface area contributed by atoms with Crippen LogP contribution in [0.25, 0.3) is 0 Å². The second-order valence-corrected chi connectivity index (χ2v) is 3.69. The topological polar surface area (TPSA) is 57.5 Å². The molecule has 86 valence electrons. The van der Waals surface area contributed by atoms with Crippen LogP contribution in [-0.4, -0.2) is 16.0 Å². The van der Waals surface area contributed by atoms with E-state index in [1.807, 2.05) is 0 Å². The summed E-state index contributed by atoms with van der Waals surface area (Å²) < 4.78 is 0. The quantitative estimate of drug-likeness (QED) is 0.792. The predicted molar refractivity (Wildman–Crippen MR) is 63.8 cm³/mol. The van der Waals surface area contributed by atoms with Gasteiger partial charge in [0.1, 0.15) is 11.9 Å². The third-order valence-corrected chi connectivity index (χ3v) is 2.53. The molecule has 0 aromatic heterocycles. The number of para-hydroxylation sites is 1. The Morgan fingerprint density at radius 1 is 0.941 bits per heavy atom. The zero-order valence-corrected chi connectivity index (χ0v) is 9.08. The first-order valence-corrected chi connectivity index (χ1v) is 5.25. The van der Waals surface area contributed by atoms with Crippen LogP contribution in [0, 0.1) is 0 Å². The maximum absolute atomic E-state index is 12.0. The van der Waals surface area contributed by atoms with Gasteiger partial charge in [-0.05, 0) is 17.7 Å². The summed E-state index contributed by atoms with van der Waals surface area (Å²) in [5.74, 6) is -0.623. The van der Waals surface area contributed by atoms with Crippen LogP contribution in [0.4, 0.5) is 0 Å². The molecule has 0 aliphatic heterocycles. The smallest absolute Gasteiger partial charge is 0.199 e. The van der Waals surface area contributed by atoms with Crippen LogP contribution in [0.5, 0.6) is 5.75 Å². The number of aliphatic hydroxyl groups excluding tert-OH is 1. The van der Waals surface area contributed by atoms with Gasteiger partial charge in [0, 0.05) is 0 Å². The summed E-state index contributed by atoms with van der Waals surface area (Å²) in [4.78, 5) is 12.0. The first kappa shape index (κ1) is 11.4. The molecule has 2 rings (SSSR count). The number of hydrogen-bond acceptors (Lipinski definition) is 3. The summed E-state index contributed by atoms with van der Waals surface area (Å²) in [5, 5.41) is 19.5. The molecule has 0 bridgehead atoms. The molecule has 0 radical (unpaired) electrons. The first-order chi connectivity index (χ1) is 8.20. The number of ketones is 1. The summed E-state index contributed by atoms with van der Waals surface area (Å²) in [6.07, 6.45) is -1.25. The molecule has 0 saturated carbocycles. The van der Waals surface area contributed by atoms with Gasteiger partial charge in [-0.2, -0.15) is 0 Å². The van der Waals surface area contributed by atoms with E-state index in [1.54, 1.807) is 42.5 Å². The number of phenolic OH excluding ortho intramolecular Hbond substituents is 1. The number of phenols is 1. The molecule has 2 N–H and O–H groups in total. The maximum Gasteiger partial charge on any atom is 0.199 e. The molecule has 0 amide bonds. The van der Waals surface area contributed by atoms with Gasteiger partial charge >= 0.3 is 0 Å². The Morgan fingerprint density at radius 2 is 1.53 bits per heavy atom. The van der Waals surface area contributed by atoms with Gasteiger partial charge in [0.05, 0.1) is 5.56 Å². The van der Waals surface area contributed by atoms with Gasteiger partial charge in [0.25, 0.3) is 0 Å². The monoisotopic (exact) mass is 228 g/mol. The van der Waals surface area contributed by atoms with E-state index in [0.29, 0.717) is 5.56 Å². The van der Waals surface area contributed by atoms with Gasteiger partial charge in [-0.1, -0.05) is 42.5 Å². The number of aliphatic hydroxyl groups is 1. The zero-order valence-electron chi connectivity index (χ0n) is 9.08. The molecule has 0 heterocycles. The Labute approximate surface area is 99.0 Å². The van der Waals surface area contributed by atoms with E-state index >= 15 is 0 Å². The molecule has 3 heteroatoms. The molecule has 0 aliphatic rings. The molecule has 0 saturated heterocycles. The fourth-order valence-corrected chi connectivity index (χ4v) is 1.62. The van der Waals surface area contributed by atoms with Crippen LogP contribution in [0.15, 0.2) is 54.6 Å². The number of carbonyl (C=O) groups excluding carboxylic acids is 1. The van der Waals surface area contributed by atoms with Crippen LogP contribution in [0.2, 0.25) is 0 Å². The largest absolute Gasteiger partial charge is 0.507 e. The molecule has 0 aliphatic carbocycles. The van der Waals surface area contributed by atoms with Gasteiger partial charge in [-0.3, -0.25) is 4.79 Å². The van der Waals surface area contributed by atoms with Gasteiger partial charge in [-0.15, -0.1) is 0 Å². The van der Waals surface area contributed by atoms with Crippen molar-refractivity contribution in [1.29, 1.82) is 0 Å². The molecular weight excluding hydrogens is 216 g/mol. The Hall–Kier alpha value is -2.13. The molecule has 2 aromatic carbocycles. The molecule has 0 spiro atoms. The van der Waals surface area contributed by atoms with Crippen molar-refractivity contribution in [2.24, 2.45) is 0 Å². The molecule has 2 aromatic rings. The number of carbonyl (C=O) groups is 1. The minimum atomic E-state index is -1.25. The first-order valence-electron chi connectivity index (χ1n) is 5.25. The SMILES string of the molecule is O=C(c1ccccc1O)C(O)c1ccccc1. The van der Waals surface area contributed by atoms with E-state index in [1.165, 1.54) is 12.1 Å². The average molecular weight is 228 g/mol. The minimum Gasteiger partial charge on any atom is -0.507 e. The number of hydrogen-bond donors (Lipinski definition) is 2.